The first-order valence-corrected chi connectivity index (χ1v) is 38.8. The van der Waals surface area contributed by atoms with Crippen molar-refractivity contribution in [3.05, 3.63) is 289 Å². The van der Waals surface area contributed by atoms with Crippen LogP contribution in [-0.4, -0.2) is 118 Å². The fourth-order valence-electron chi connectivity index (χ4n) is 15.6. The molecule has 0 aliphatic carbocycles. The Kier molecular flexibility index (Phi) is 25.4. The first kappa shape index (κ1) is 79.2. The normalized spacial score (nSPS) is 15.9. The zero-order chi connectivity index (χ0) is 76.9. The molecule has 0 saturated carbocycles. The van der Waals surface area contributed by atoms with E-state index in [4.69, 9.17) is 58.0 Å². The van der Waals surface area contributed by atoms with Gasteiger partial charge in [0.05, 0.1) is 12.2 Å². The molecule has 2 atom stereocenters. The zero-order valence-electron chi connectivity index (χ0n) is 62.5. The number of anilines is 1. The van der Waals surface area contributed by atoms with Gasteiger partial charge in [-0.15, -0.1) is 0 Å². The van der Waals surface area contributed by atoms with Crippen LogP contribution in [0.4, 0.5) is 5.69 Å². The van der Waals surface area contributed by atoms with Gasteiger partial charge in [0.15, 0.2) is 0 Å². The molecule has 16 rings (SSSR count). The summed E-state index contributed by atoms with van der Waals surface area (Å²) in [6.45, 7) is 28.5. The van der Waals surface area contributed by atoms with Crippen LogP contribution >= 0.6 is 58.0 Å². The Morgan fingerprint density at radius 1 is 0.380 bits per heavy atom. The van der Waals surface area contributed by atoms with Crippen molar-refractivity contribution in [2.45, 2.75) is 152 Å². The summed E-state index contributed by atoms with van der Waals surface area (Å²) in [7, 11) is 0. The number of hydrogen-bond acceptors (Lipinski definition) is 12. The summed E-state index contributed by atoms with van der Waals surface area (Å²) in [5.41, 5.74) is 15.4. The predicted octanol–water partition coefficient (Wildman–Crippen LogP) is 16.3. The average Bonchev–Trinajstić information content (AvgIpc) is 1.36. The van der Waals surface area contributed by atoms with Gasteiger partial charge in [-0.25, -0.2) is 0 Å². The second-order valence-electron chi connectivity index (χ2n) is 29.5. The van der Waals surface area contributed by atoms with Crippen molar-refractivity contribution in [2.24, 2.45) is 0 Å². The van der Waals surface area contributed by atoms with Gasteiger partial charge in [0.1, 0.15) is 0 Å². The summed E-state index contributed by atoms with van der Waals surface area (Å²) < 4.78 is 0. The van der Waals surface area contributed by atoms with E-state index in [1.807, 2.05) is 95.3 Å². The van der Waals surface area contributed by atoms with E-state index >= 15 is 0 Å². The van der Waals surface area contributed by atoms with Crippen LogP contribution in [0.1, 0.15) is 114 Å². The Hall–Kier alpha value is -8.40. The summed E-state index contributed by atoms with van der Waals surface area (Å²) in [5, 5.41) is 30.2. The van der Waals surface area contributed by atoms with Gasteiger partial charge >= 0.3 is 0 Å². The maximum absolute atomic E-state index is 12.2. The SMILES string of the molecule is Cc1[nH]c(=O)c2cc(Cl)ccc2c1CN(C(C)C)C(C)C.Cc1[nH]c(=O)c2cc(Cl)ccc2c1CN1CC[C@@H](O)C1.Cc1[nH]c(=O)c2cc(Cl)ccc2c1CN1CC[C@H](O)C1.Cc1[nH]c(=O)c2cc(Cl)ccc2c1CN1CCc2ccccc21.Cc1[nH]c(=O)c2cc(Cl)ccc2c1CN1CCc2ccccc2C1. The number of fused-ring (bicyclic) bond motifs is 7. The highest BCUT2D eigenvalue weighted by Gasteiger charge is 2.27. The summed E-state index contributed by atoms with van der Waals surface area (Å²) in [5.74, 6) is 0. The van der Waals surface area contributed by atoms with Crippen molar-refractivity contribution in [3.63, 3.8) is 0 Å². The Morgan fingerprint density at radius 3 is 1.06 bits per heavy atom. The van der Waals surface area contributed by atoms with Gasteiger partial charge < -0.3 is 40.0 Å². The lowest BCUT2D eigenvalue weighted by molar-refractivity contribution is 0.166. The molecule has 0 unspecified atom stereocenters. The van der Waals surface area contributed by atoms with Gasteiger partial charge in [0.25, 0.3) is 27.8 Å². The zero-order valence-corrected chi connectivity index (χ0v) is 66.2. The predicted molar refractivity (Wildman–Crippen MR) is 445 cm³/mol. The molecule has 0 amide bonds. The number of aromatic amines is 5. The number of likely N-dealkylation sites (tertiary alicyclic amines) is 2. The van der Waals surface area contributed by atoms with Crippen molar-refractivity contribution in [1.29, 1.82) is 0 Å². The van der Waals surface area contributed by atoms with E-state index in [1.54, 1.807) is 30.3 Å². The number of aromatic nitrogens is 5. The number of para-hydroxylation sites is 1. The van der Waals surface area contributed by atoms with Crippen molar-refractivity contribution in [2.75, 3.05) is 44.2 Å². The summed E-state index contributed by atoms with van der Waals surface area (Å²) in [6.07, 6.45) is 3.29. The highest BCUT2D eigenvalue weighted by atomic mass is 35.5. The first-order chi connectivity index (χ1) is 51.6. The molecule has 22 heteroatoms. The molecule has 4 aliphatic heterocycles. The highest BCUT2D eigenvalue weighted by molar-refractivity contribution is 6.33. The van der Waals surface area contributed by atoms with Gasteiger partial charge in [-0.1, -0.05) is 131 Å². The number of aryl methyl sites for hydroxylation is 5. The van der Waals surface area contributed by atoms with Crippen molar-refractivity contribution >= 4 is 118 Å². The molecular formula is C86H93Cl5N10O7. The molecule has 4 aliphatic rings. The van der Waals surface area contributed by atoms with Crippen LogP contribution in [0.3, 0.4) is 0 Å². The number of benzene rings is 7. The third-order valence-electron chi connectivity index (χ3n) is 21.4. The van der Waals surface area contributed by atoms with E-state index in [-0.39, 0.29) is 40.0 Å². The number of aliphatic hydroxyl groups excluding tert-OH is 2. The Balaban J connectivity index is 0.000000126. The minimum absolute atomic E-state index is 0.0715. The minimum atomic E-state index is -0.237. The molecule has 108 heavy (non-hydrogen) atoms. The van der Waals surface area contributed by atoms with Crippen LogP contribution in [0.5, 0.6) is 0 Å². The van der Waals surface area contributed by atoms with Crippen LogP contribution in [-0.2, 0) is 52.1 Å². The lowest BCUT2D eigenvalue weighted by Crippen LogP contribution is -2.36. The molecule has 0 radical (unpaired) electrons. The molecule has 9 heterocycles. The van der Waals surface area contributed by atoms with Crippen molar-refractivity contribution in [1.82, 2.24) is 44.5 Å². The number of H-pyrrole nitrogens is 5. The second kappa shape index (κ2) is 34.7. The smallest absolute Gasteiger partial charge is 0.256 e. The number of nitrogens with one attached hydrogen (secondary N) is 5. The van der Waals surface area contributed by atoms with Crippen molar-refractivity contribution < 1.29 is 10.2 Å². The van der Waals surface area contributed by atoms with Crippen LogP contribution in [0.15, 0.2) is 163 Å². The Morgan fingerprint density at radius 2 is 0.694 bits per heavy atom. The van der Waals surface area contributed by atoms with Gasteiger partial charge in [-0.3, -0.25) is 43.6 Å². The topological polar surface area (TPSA) is 221 Å². The number of aliphatic hydroxyl groups is 2. The van der Waals surface area contributed by atoms with E-state index in [9.17, 15) is 34.2 Å². The molecule has 12 aromatic rings. The largest absolute Gasteiger partial charge is 0.392 e. The third kappa shape index (κ3) is 18.4. The number of β-amino-alcohol motifs (C(OH)–C–C–N with tert-alkyl or cyclic N) is 2. The lowest BCUT2D eigenvalue weighted by Gasteiger charge is -2.31. The molecule has 564 valence electrons. The monoisotopic (exact) mass is 1550 g/mol. The van der Waals surface area contributed by atoms with Gasteiger partial charge in [-0.2, -0.15) is 0 Å². The molecule has 0 spiro atoms. The van der Waals surface area contributed by atoms with E-state index in [0.29, 0.717) is 77.2 Å². The van der Waals surface area contributed by atoms with Gasteiger partial charge in [0.2, 0.25) is 0 Å². The molecule has 7 N–H and O–H groups in total. The molecule has 5 aromatic heterocycles. The van der Waals surface area contributed by atoms with Crippen LogP contribution in [0.25, 0.3) is 53.9 Å². The van der Waals surface area contributed by atoms with Crippen LogP contribution in [0, 0.1) is 34.6 Å². The third-order valence-corrected chi connectivity index (χ3v) is 22.6. The van der Waals surface area contributed by atoms with Gasteiger partial charge in [0, 0.05) is 177 Å². The molecule has 17 nitrogen and oxygen atoms in total. The molecule has 2 saturated heterocycles. The molecular weight excluding hydrogens is 1460 g/mol. The fourth-order valence-corrected chi connectivity index (χ4v) is 16.5. The number of halogens is 5. The molecule has 2 fully saturated rings. The Labute approximate surface area is 653 Å². The van der Waals surface area contributed by atoms with E-state index in [2.05, 4.69) is 126 Å². The maximum Gasteiger partial charge on any atom is 0.256 e. The van der Waals surface area contributed by atoms with Crippen molar-refractivity contribution in [3.8, 4) is 0 Å². The fraction of sp³-hybridized carbons (Fsp3) is 0.337. The Bertz CT molecular complexity index is 5530. The average molecular weight is 1560 g/mol. The number of rotatable bonds is 12. The van der Waals surface area contributed by atoms with Crippen LogP contribution < -0.4 is 32.7 Å². The summed E-state index contributed by atoms with van der Waals surface area (Å²) in [4.78, 5) is 86.9. The standard InChI is InChI=1S/C20H19ClN2O.C19H17ClN2O.C17H23ClN2O.2C15H17ClN2O2/c1-13-19(17-7-6-16(21)10-18(17)20(24)22-13)12-23-9-8-14-4-2-3-5-15(14)11-23;1-12-17(11-22-9-8-13-4-2-3-5-18(13)22)15-7-6-14(20)10-16(15)19(23)21-12;1-10(2)20(11(3)4)9-16-12(5)19-17(21)15-8-13(18)6-7-14(15)16;2*1-9-14(8-18-5-4-11(19)7-18)12-3-2-10(16)6-13(12)15(20)17-9/h2-7,10H,8-9,11-12H2,1H3,(H,22,24);2-7,10H,8-9,11H2,1H3,(H,21,23);6-8,10-11H,9H2,1-5H3,(H,19,21);2*2-3,6,11,19H,4-5,7-8H2,1H3,(H,17,20)/t;;;2*11-/m...10/s1. The second-order valence-corrected chi connectivity index (χ2v) is 31.7. The minimum Gasteiger partial charge on any atom is -0.392 e. The van der Waals surface area contributed by atoms with Gasteiger partial charge in [-0.05, 0) is 226 Å². The van der Waals surface area contributed by atoms with E-state index in [0.717, 1.165) is 163 Å². The highest BCUT2D eigenvalue weighted by Crippen LogP contribution is 2.34. The number of nitrogens with zero attached hydrogens (tertiary/aromatic N) is 5. The maximum atomic E-state index is 12.2. The van der Waals surface area contributed by atoms with Crippen LogP contribution in [0.2, 0.25) is 25.1 Å². The summed E-state index contributed by atoms with van der Waals surface area (Å²) in [6, 6.07) is 45.6. The summed E-state index contributed by atoms with van der Waals surface area (Å²) >= 11 is 30.1. The molecule has 0 bridgehead atoms. The lowest BCUT2D eigenvalue weighted by atomic mass is 9.98. The first-order valence-electron chi connectivity index (χ1n) is 36.9. The van der Waals surface area contributed by atoms with E-state index in [1.165, 1.54) is 33.5 Å². The quantitative estimate of drug-likeness (QED) is 0.0607. The van der Waals surface area contributed by atoms with E-state index < -0.39 is 0 Å². The molecule has 7 aromatic carbocycles. The number of pyridine rings is 5. The number of hydrogen-bond donors (Lipinski definition) is 7.